The Labute approximate surface area is 199 Å². The van der Waals surface area contributed by atoms with Crippen LogP contribution in [-0.2, 0) is 14.6 Å². The molecule has 7 nitrogen and oxygen atoms in total. The largest absolute Gasteiger partial charge is 0.326 e. The summed E-state index contributed by atoms with van der Waals surface area (Å²) < 4.78 is 23.6. The van der Waals surface area contributed by atoms with Crippen LogP contribution in [-0.4, -0.2) is 39.2 Å². The topological polar surface area (TPSA) is 86.8 Å². The molecule has 0 radical (unpaired) electrons. The lowest BCUT2D eigenvalue weighted by Crippen LogP contribution is -2.52. The average molecular weight is 478 g/mol. The minimum atomic E-state index is -3.30. The molecule has 3 amide bonds. The lowest BCUT2D eigenvalue weighted by molar-refractivity contribution is -0.117. The van der Waals surface area contributed by atoms with E-state index in [9.17, 15) is 18.0 Å². The van der Waals surface area contributed by atoms with Crippen LogP contribution in [0.1, 0.15) is 19.4 Å². The second-order valence-electron chi connectivity index (χ2n) is 8.59. The summed E-state index contributed by atoms with van der Waals surface area (Å²) in [6.07, 6.45) is 1.17. The molecular formula is C26H27N3O4S. The van der Waals surface area contributed by atoms with E-state index in [0.29, 0.717) is 17.9 Å². The number of fused-ring (bicyclic) bond motifs is 1. The van der Waals surface area contributed by atoms with Crippen LogP contribution in [0.15, 0.2) is 71.6 Å². The molecule has 0 aliphatic carbocycles. The average Bonchev–Trinajstić information content (AvgIpc) is 2.79. The molecule has 1 N–H and O–H groups in total. The molecule has 1 aliphatic heterocycles. The zero-order chi connectivity index (χ0) is 24.6. The highest BCUT2D eigenvalue weighted by atomic mass is 32.2. The fourth-order valence-corrected chi connectivity index (χ4v) is 4.90. The van der Waals surface area contributed by atoms with Crippen LogP contribution in [0.3, 0.4) is 0 Å². The number of benzene rings is 3. The standard InChI is InChI=1S/C26H27N3O4S/c1-17-7-5-6-8-23(17)27-26(31)28-16-18(2)29(19(3)30)24-14-11-21(15-25(24)28)20-9-12-22(13-10-20)34(4,32)33/h5-15,18H,16H2,1-4H3,(H,27,31). The van der Waals surface area contributed by atoms with Crippen LogP contribution in [0.4, 0.5) is 21.9 Å². The van der Waals surface area contributed by atoms with Crippen molar-refractivity contribution >= 4 is 38.8 Å². The van der Waals surface area contributed by atoms with Crippen molar-refractivity contribution in [3.05, 3.63) is 72.3 Å². The van der Waals surface area contributed by atoms with Crippen molar-refractivity contribution in [2.75, 3.05) is 27.9 Å². The first-order valence-corrected chi connectivity index (χ1v) is 12.8. The first-order valence-electron chi connectivity index (χ1n) is 10.9. The number of hydrogen-bond acceptors (Lipinski definition) is 4. The van der Waals surface area contributed by atoms with Crippen molar-refractivity contribution in [2.45, 2.75) is 31.7 Å². The molecule has 8 heteroatoms. The van der Waals surface area contributed by atoms with Gasteiger partial charge in [0.15, 0.2) is 9.84 Å². The fourth-order valence-electron chi connectivity index (χ4n) is 4.27. The molecule has 0 saturated carbocycles. The third-order valence-electron chi connectivity index (χ3n) is 6.00. The normalized spacial score (nSPS) is 15.6. The van der Waals surface area contributed by atoms with Gasteiger partial charge < -0.3 is 10.2 Å². The molecule has 3 aromatic carbocycles. The molecule has 0 bridgehead atoms. The second kappa shape index (κ2) is 8.95. The molecule has 0 saturated heterocycles. The van der Waals surface area contributed by atoms with Crippen molar-refractivity contribution in [2.24, 2.45) is 0 Å². The lowest BCUT2D eigenvalue weighted by atomic mass is 10.0. The summed E-state index contributed by atoms with van der Waals surface area (Å²) in [6, 6.07) is 19.3. The van der Waals surface area contributed by atoms with Crippen LogP contribution in [0.2, 0.25) is 0 Å². The van der Waals surface area contributed by atoms with Gasteiger partial charge in [-0.15, -0.1) is 0 Å². The summed E-state index contributed by atoms with van der Waals surface area (Å²) in [5, 5.41) is 2.99. The third-order valence-corrected chi connectivity index (χ3v) is 7.13. The molecule has 0 aromatic heterocycles. The predicted octanol–water partition coefficient (Wildman–Crippen LogP) is 4.86. The Morgan fingerprint density at radius 1 is 0.941 bits per heavy atom. The monoisotopic (exact) mass is 477 g/mol. The molecule has 0 fully saturated rings. The molecule has 4 rings (SSSR count). The Kier molecular flexibility index (Phi) is 6.18. The Hall–Kier alpha value is -3.65. The van der Waals surface area contributed by atoms with Crippen LogP contribution >= 0.6 is 0 Å². The summed E-state index contributed by atoms with van der Waals surface area (Å²) in [4.78, 5) is 29.4. The van der Waals surface area contributed by atoms with Crippen molar-refractivity contribution in [3.8, 4) is 11.1 Å². The van der Waals surface area contributed by atoms with Crippen molar-refractivity contribution in [1.29, 1.82) is 0 Å². The number of nitrogens with one attached hydrogen (secondary N) is 1. The summed E-state index contributed by atoms with van der Waals surface area (Å²) in [5.74, 6) is -0.0991. The number of hydrogen-bond donors (Lipinski definition) is 1. The number of carbonyl (C=O) groups excluding carboxylic acids is 2. The number of nitrogens with zero attached hydrogens (tertiary/aromatic N) is 2. The highest BCUT2D eigenvalue weighted by Crippen LogP contribution is 2.39. The second-order valence-corrected chi connectivity index (χ2v) is 10.6. The quantitative estimate of drug-likeness (QED) is 0.584. The van der Waals surface area contributed by atoms with E-state index in [2.05, 4.69) is 5.32 Å². The van der Waals surface area contributed by atoms with Crippen LogP contribution in [0.25, 0.3) is 11.1 Å². The molecule has 3 aromatic rings. The van der Waals surface area contributed by atoms with E-state index in [4.69, 9.17) is 0 Å². The van der Waals surface area contributed by atoms with Crippen molar-refractivity contribution in [3.63, 3.8) is 0 Å². The molecule has 176 valence electrons. The minimum absolute atomic E-state index is 0.0991. The SMILES string of the molecule is CC(=O)N1c2ccc(-c3ccc(S(C)(=O)=O)cc3)cc2N(C(=O)Nc2ccccc2C)CC1C. The van der Waals surface area contributed by atoms with Crippen LogP contribution < -0.4 is 15.1 Å². The maximum absolute atomic E-state index is 13.4. The van der Waals surface area contributed by atoms with Gasteiger partial charge in [0, 0.05) is 25.4 Å². The minimum Gasteiger partial charge on any atom is -0.307 e. The number of carbonyl (C=O) groups is 2. The first-order chi connectivity index (χ1) is 16.1. The maximum Gasteiger partial charge on any atom is 0.326 e. The number of rotatable bonds is 3. The Bertz CT molecular complexity index is 1370. The van der Waals surface area contributed by atoms with E-state index >= 15 is 0 Å². The van der Waals surface area contributed by atoms with E-state index in [1.165, 1.54) is 13.2 Å². The van der Waals surface area contributed by atoms with Crippen molar-refractivity contribution in [1.82, 2.24) is 0 Å². The summed E-state index contributed by atoms with van der Waals surface area (Å²) in [7, 11) is -3.30. The Morgan fingerprint density at radius 3 is 2.21 bits per heavy atom. The van der Waals surface area contributed by atoms with Gasteiger partial charge in [0.2, 0.25) is 5.91 Å². The number of amides is 3. The molecule has 1 atom stereocenters. The van der Waals surface area contributed by atoms with Gasteiger partial charge >= 0.3 is 6.03 Å². The lowest BCUT2D eigenvalue weighted by Gasteiger charge is -2.41. The predicted molar refractivity (Wildman–Crippen MR) is 135 cm³/mol. The molecule has 1 heterocycles. The third kappa shape index (κ3) is 4.54. The summed E-state index contributed by atoms with van der Waals surface area (Å²) in [5.41, 5.74) is 4.56. The number of anilines is 3. The number of urea groups is 1. The van der Waals surface area contributed by atoms with Gasteiger partial charge in [-0.25, -0.2) is 13.2 Å². The van der Waals surface area contributed by atoms with Gasteiger partial charge in [0.1, 0.15) is 0 Å². The highest BCUT2D eigenvalue weighted by Gasteiger charge is 2.34. The zero-order valence-electron chi connectivity index (χ0n) is 19.6. The highest BCUT2D eigenvalue weighted by molar-refractivity contribution is 7.90. The molecule has 1 unspecified atom stereocenters. The van der Waals surface area contributed by atoms with E-state index in [-0.39, 0.29) is 22.9 Å². The van der Waals surface area contributed by atoms with Crippen LogP contribution in [0, 0.1) is 6.92 Å². The van der Waals surface area contributed by atoms with Crippen molar-refractivity contribution < 1.29 is 18.0 Å². The maximum atomic E-state index is 13.4. The number of aryl methyl sites for hydroxylation is 1. The van der Waals surface area contributed by atoms with E-state index in [1.54, 1.807) is 34.1 Å². The van der Waals surface area contributed by atoms with Gasteiger partial charge in [-0.2, -0.15) is 0 Å². The van der Waals surface area contributed by atoms with Gasteiger partial charge in [-0.3, -0.25) is 9.69 Å². The summed E-state index contributed by atoms with van der Waals surface area (Å²) in [6.45, 7) is 5.69. The summed E-state index contributed by atoms with van der Waals surface area (Å²) >= 11 is 0. The van der Waals surface area contributed by atoms with Gasteiger partial charge in [0.05, 0.1) is 22.3 Å². The van der Waals surface area contributed by atoms with E-state index in [0.717, 1.165) is 22.4 Å². The van der Waals surface area contributed by atoms with E-state index < -0.39 is 9.84 Å². The molecular weight excluding hydrogens is 450 g/mol. The zero-order valence-corrected chi connectivity index (χ0v) is 20.4. The van der Waals surface area contributed by atoms with E-state index in [1.807, 2.05) is 56.3 Å². The fraction of sp³-hybridized carbons (Fsp3) is 0.231. The number of sulfone groups is 1. The smallest absolute Gasteiger partial charge is 0.307 e. The Morgan fingerprint density at radius 2 is 1.59 bits per heavy atom. The molecule has 0 spiro atoms. The van der Waals surface area contributed by atoms with Crippen LogP contribution in [0.5, 0.6) is 0 Å². The van der Waals surface area contributed by atoms with Gasteiger partial charge in [-0.05, 0) is 60.9 Å². The first kappa shape index (κ1) is 23.5. The molecule has 1 aliphatic rings. The van der Waals surface area contributed by atoms with Gasteiger partial charge in [-0.1, -0.05) is 36.4 Å². The Balaban J connectivity index is 1.76. The number of para-hydroxylation sites is 1. The van der Waals surface area contributed by atoms with Gasteiger partial charge in [0.25, 0.3) is 0 Å². The molecule has 34 heavy (non-hydrogen) atoms.